The molecule has 0 aromatic heterocycles. The van der Waals surface area contributed by atoms with Crippen LogP contribution in [-0.2, 0) is 0 Å². The lowest BCUT2D eigenvalue weighted by Crippen LogP contribution is -2.67. The molecule has 234 valence electrons. The molecular formula is C41H65N. The normalized spacial score (nSPS) is 60.7. The van der Waals surface area contributed by atoms with E-state index in [0.717, 1.165) is 10.8 Å². The maximum atomic E-state index is 7.60. The molecule has 0 radical (unpaired) electrons. The van der Waals surface area contributed by atoms with Gasteiger partial charge in [0.1, 0.15) is 0 Å². The first kappa shape index (κ1) is 27.1. The lowest BCUT2D eigenvalue weighted by atomic mass is 9.33. The number of hydrogen-bond acceptors (Lipinski definition) is 1. The fourth-order valence-corrected chi connectivity index (χ4v) is 20.7. The van der Waals surface area contributed by atoms with Gasteiger partial charge in [0.15, 0.2) is 0 Å². The van der Waals surface area contributed by atoms with Crippen LogP contribution in [0.25, 0.3) is 0 Å². The first-order chi connectivity index (χ1) is 20.3. The minimum Gasteiger partial charge on any atom is -0.325 e. The van der Waals surface area contributed by atoms with Crippen LogP contribution in [0.5, 0.6) is 0 Å². The highest BCUT2D eigenvalue weighted by atomic mass is 14.9. The average Bonchev–Trinajstić information content (AvgIpc) is 3.79. The quantitative estimate of drug-likeness (QED) is 0.307. The third kappa shape index (κ3) is 2.34. The first-order valence-corrected chi connectivity index (χ1v) is 20.1. The van der Waals surface area contributed by atoms with Gasteiger partial charge in [-0.1, -0.05) is 64.2 Å². The molecule has 0 aromatic rings. The highest BCUT2D eigenvalue weighted by molar-refractivity contribution is 5.35. The Hall–Kier alpha value is -0.0400. The van der Waals surface area contributed by atoms with Gasteiger partial charge < -0.3 is 5.73 Å². The molecule has 10 fully saturated rings. The Morgan fingerprint density at radius 3 is 0.786 bits per heavy atom. The highest BCUT2D eigenvalue weighted by Gasteiger charge is 2.86. The number of rotatable bonds is 0. The minimum absolute atomic E-state index is 0.0777. The van der Waals surface area contributed by atoms with Crippen molar-refractivity contribution in [1.82, 2.24) is 0 Å². The molecule has 0 aromatic carbocycles. The van der Waals surface area contributed by atoms with Crippen LogP contribution in [0.3, 0.4) is 0 Å². The first-order valence-electron chi connectivity index (χ1n) is 20.1. The summed E-state index contributed by atoms with van der Waals surface area (Å²) in [6.45, 7) is 2.56. The van der Waals surface area contributed by atoms with Gasteiger partial charge in [0.05, 0.1) is 0 Å². The van der Waals surface area contributed by atoms with Crippen LogP contribution in [0.2, 0.25) is 0 Å². The van der Waals surface area contributed by atoms with Gasteiger partial charge >= 0.3 is 0 Å². The summed E-state index contributed by atoms with van der Waals surface area (Å²) in [6.07, 6.45) is 47.4. The van der Waals surface area contributed by atoms with Crippen molar-refractivity contribution in [1.29, 1.82) is 0 Å². The van der Waals surface area contributed by atoms with Gasteiger partial charge in [0, 0.05) is 5.54 Å². The third-order valence-electron chi connectivity index (χ3n) is 20.8. The molecule has 0 aliphatic heterocycles. The summed E-state index contributed by atoms with van der Waals surface area (Å²) >= 11 is 0. The SMILES string of the molecule is CC1(N)CCCC12CCCC21CCCC12CCCC21CCCC12CCCC21CCCC12CCCC21CCCC12CCC2. The molecule has 9 unspecified atom stereocenters. The van der Waals surface area contributed by atoms with Crippen molar-refractivity contribution < 1.29 is 0 Å². The molecule has 9 spiro atoms. The third-order valence-corrected chi connectivity index (χ3v) is 20.8. The molecule has 1 nitrogen and oxygen atoms in total. The number of nitrogens with two attached hydrogens (primary N) is 1. The van der Waals surface area contributed by atoms with Crippen molar-refractivity contribution in [2.75, 3.05) is 0 Å². The van der Waals surface area contributed by atoms with Crippen molar-refractivity contribution >= 4 is 0 Å². The van der Waals surface area contributed by atoms with Crippen LogP contribution in [0, 0.1) is 48.7 Å². The average molecular weight is 572 g/mol. The topological polar surface area (TPSA) is 26.0 Å². The lowest BCUT2D eigenvalue weighted by Gasteiger charge is -2.71. The Kier molecular flexibility index (Phi) is 5.22. The van der Waals surface area contributed by atoms with Crippen LogP contribution >= 0.6 is 0 Å². The zero-order valence-corrected chi connectivity index (χ0v) is 27.8. The molecule has 0 bridgehead atoms. The second-order valence-electron chi connectivity index (χ2n) is 19.9. The second-order valence-corrected chi connectivity index (χ2v) is 19.9. The Bertz CT molecular complexity index is 1130. The molecule has 10 aliphatic carbocycles. The summed E-state index contributed by atoms with van der Waals surface area (Å²) in [4.78, 5) is 0. The number of fused-ring (bicyclic) bond motifs is 8. The molecule has 0 amide bonds. The van der Waals surface area contributed by atoms with Gasteiger partial charge in [0.2, 0.25) is 0 Å². The highest BCUT2D eigenvalue weighted by Crippen LogP contribution is 2.94. The van der Waals surface area contributed by atoms with Crippen molar-refractivity contribution in [2.45, 2.75) is 205 Å². The summed E-state index contributed by atoms with van der Waals surface area (Å²) in [5, 5.41) is 0. The molecule has 0 heterocycles. The van der Waals surface area contributed by atoms with Crippen molar-refractivity contribution in [2.24, 2.45) is 54.5 Å². The van der Waals surface area contributed by atoms with E-state index >= 15 is 0 Å². The van der Waals surface area contributed by atoms with Crippen LogP contribution in [0.15, 0.2) is 0 Å². The van der Waals surface area contributed by atoms with Crippen LogP contribution < -0.4 is 5.73 Å². The summed E-state index contributed by atoms with van der Waals surface area (Å²) in [5.41, 5.74) is 13.5. The standard InChI is InChI=1S/C41H65N/c1-32(42)12-2-16-34(32)17-5-20-36(34)21-7-24-38(36)25-9-28-40(38)29-11-31-41(40)30-10-27-39(41)26-8-23-37(39)22-6-19-35(37)18-4-15-33(35)13-3-14-33/h2-31,42H2,1H3. The summed E-state index contributed by atoms with van der Waals surface area (Å²) in [5.74, 6) is 0. The van der Waals surface area contributed by atoms with Gasteiger partial charge in [-0.2, -0.15) is 0 Å². The van der Waals surface area contributed by atoms with Gasteiger partial charge in [-0.05, 0) is 184 Å². The zero-order chi connectivity index (χ0) is 28.2. The maximum absolute atomic E-state index is 7.60. The summed E-state index contributed by atoms with van der Waals surface area (Å²) in [7, 11) is 0. The number of hydrogen-bond donors (Lipinski definition) is 1. The molecule has 10 saturated carbocycles. The fraction of sp³-hybridized carbons (Fsp3) is 1.00. The maximum Gasteiger partial charge on any atom is 0.0188 e. The zero-order valence-electron chi connectivity index (χ0n) is 27.8. The van der Waals surface area contributed by atoms with Gasteiger partial charge in [-0.25, -0.2) is 0 Å². The summed E-state index contributed by atoms with van der Waals surface area (Å²) < 4.78 is 0. The van der Waals surface area contributed by atoms with Crippen molar-refractivity contribution in [3.63, 3.8) is 0 Å². The molecule has 1 heteroatoms. The Morgan fingerprint density at radius 2 is 0.476 bits per heavy atom. The Morgan fingerprint density at radius 1 is 0.262 bits per heavy atom. The second kappa shape index (κ2) is 8.08. The van der Waals surface area contributed by atoms with E-state index in [0.29, 0.717) is 37.9 Å². The molecule has 10 rings (SSSR count). The smallest absolute Gasteiger partial charge is 0.0188 e. The Balaban J connectivity index is 1.18. The van der Waals surface area contributed by atoms with Gasteiger partial charge in [0.25, 0.3) is 0 Å². The van der Waals surface area contributed by atoms with E-state index < -0.39 is 0 Å². The van der Waals surface area contributed by atoms with Crippen molar-refractivity contribution in [3.8, 4) is 0 Å². The lowest BCUT2D eigenvalue weighted by molar-refractivity contribution is -0.236. The van der Waals surface area contributed by atoms with Crippen LogP contribution in [0.1, 0.15) is 200 Å². The van der Waals surface area contributed by atoms with E-state index in [9.17, 15) is 0 Å². The van der Waals surface area contributed by atoms with Gasteiger partial charge in [-0.3, -0.25) is 0 Å². The van der Waals surface area contributed by atoms with Crippen LogP contribution in [0.4, 0.5) is 0 Å². The van der Waals surface area contributed by atoms with E-state index in [1.54, 1.807) is 161 Å². The van der Waals surface area contributed by atoms with E-state index in [-0.39, 0.29) is 5.54 Å². The van der Waals surface area contributed by atoms with E-state index in [1.807, 2.05) is 0 Å². The fourth-order valence-electron chi connectivity index (χ4n) is 20.7. The van der Waals surface area contributed by atoms with E-state index in [2.05, 4.69) is 6.92 Å². The minimum atomic E-state index is 0.0777. The predicted octanol–water partition coefficient (Wildman–Crippen LogP) is 11.4. The molecule has 2 N–H and O–H groups in total. The molecular weight excluding hydrogens is 506 g/mol. The molecule has 42 heavy (non-hydrogen) atoms. The molecule has 9 atom stereocenters. The molecule has 10 aliphatic rings. The predicted molar refractivity (Wildman–Crippen MR) is 173 cm³/mol. The molecule has 0 saturated heterocycles. The monoisotopic (exact) mass is 572 g/mol. The van der Waals surface area contributed by atoms with Gasteiger partial charge in [-0.15, -0.1) is 0 Å². The van der Waals surface area contributed by atoms with E-state index in [1.165, 1.54) is 32.1 Å². The largest absolute Gasteiger partial charge is 0.325 e. The van der Waals surface area contributed by atoms with E-state index in [4.69, 9.17) is 5.73 Å². The van der Waals surface area contributed by atoms with Crippen molar-refractivity contribution in [3.05, 3.63) is 0 Å². The Labute approximate surface area is 259 Å². The summed E-state index contributed by atoms with van der Waals surface area (Å²) in [6, 6.07) is 0. The van der Waals surface area contributed by atoms with Crippen LogP contribution in [-0.4, -0.2) is 5.54 Å².